The molecule has 0 bridgehead atoms. The fourth-order valence-electron chi connectivity index (χ4n) is 4.34. The van der Waals surface area contributed by atoms with E-state index in [4.69, 9.17) is 21.1 Å². The van der Waals surface area contributed by atoms with Crippen molar-refractivity contribution in [3.8, 4) is 0 Å². The van der Waals surface area contributed by atoms with Crippen LogP contribution in [-0.2, 0) is 32.3 Å². The van der Waals surface area contributed by atoms with Crippen molar-refractivity contribution >= 4 is 33.4 Å². The molecule has 1 fully saturated rings. The summed E-state index contributed by atoms with van der Waals surface area (Å²) in [6.07, 6.45) is 2.51. The summed E-state index contributed by atoms with van der Waals surface area (Å²) >= 11 is 6.19. The zero-order valence-electron chi connectivity index (χ0n) is 18.5. The van der Waals surface area contributed by atoms with Gasteiger partial charge in [-0.2, -0.15) is 4.31 Å². The molecule has 1 heterocycles. The van der Waals surface area contributed by atoms with Gasteiger partial charge in [-0.15, -0.1) is 0 Å². The van der Waals surface area contributed by atoms with Gasteiger partial charge < -0.3 is 9.47 Å². The molecule has 2 unspecified atom stereocenters. The van der Waals surface area contributed by atoms with Gasteiger partial charge in [0.1, 0.15) is 4.90 Å². The third kappa shape index (κ3) is 5.14. The van der Waals surface area contributed by atoms with Crippen molar-refractivity contribution in [2.75, 3.05) is 19.7 Å². The van der Waals surface area contributed by atoms with Crippen LogP contribution in [0, 0.1) is 0 Å². The molecule has 1 aliphatic heterocycles. The molecular weight excluding hydrogens is 466 g/mol. The molecule has 1 aliphatic carbocycles. The fourth-order valence-corrected chi connectivity index (χ4v) is 6.43. The number of carbonyl (C=O) groups is 2. The summed E-state index contributed by atoms with van der Waals surface area (Å²) in [5, 5.41) is 0.00700. The average molecular weight is 492 g/mol. The number of morpholine rings is 1. The van der Waals surface area contributed by atoms with Crippen LogP contribution in [0.5, 0.6) is 0 Å². The van der Waals surface area contributed by atoms with Gasteiger partial charge in [0.15, 0.2) is 12.4 Å². The van der Waals surface area contributed by atoms with E-state index in [0.29, 0.717) is 5.56 Å². The summed E-state index contributed by atoms with van der Waals surface area (Å²) in [6, 6.07) is 9.48. The van der Waals surface area contributed by atoms with E-state index < -0.39 is 22.6 Å². The van der Waals surface area contributed by atoms with Crippen molar-refractivity contribution in [2.24, 2.45) is 0 Å². The Bertz CT molecular complexity index is 1190. The molecule has 7 nitrogen and oxygen atoms in total. The highest BCUT2D eigenvalue weighted by Gasteiger charge is 2.34. The van der Waals surface area contributed by atoms with E-state index in [1.807, 2.05) is 12.1 Å². The zero-order valence-corrected chi connectivity index (χ0v) is 20.1. The number of ether oxygens (including phenoxy) is 2. The SMILES string of the molecule is CC1CN(S(=O)(=O)c2cc(C(=O)OCC(=O)c3ccc4c(c3)CCC4)ccc2Cl)CC(C)O1. The summed E-state index contributed by atoms with van der Waals surface area (Å²) in [6.45, 7) is 3.54. The molecule has 0 N–H and O–H groups in total. The Morgan fingerprint density at radius 2 is 1.70 bits per heavy atom. The lowest BCUT2D eigenvalue weighted by molar-refractivity contribution is -0.0440. The molecule has 2 aromatic carbocycles. The molecule has 2 aliphatic rings. The van der Waals surface area contributed by atoms with E-state index in [-0.39, 0.29) is 46.6 Å². The number of hydrogen-bond donors (Lipinski definition) is 0. The zero-order chi connectivity index (χ0) is 23.8. The van der Waals surface area contributed by atoms with Gasteiger partial charge >= 0.3 is 5.97 Å². The van der Waals surface area contributed by atoms with Gasteiger partial charge in [-0.1, -0.05) is 23.7 Å². The predicted molar refractivity (Wildman–Crippen MR) is 123 cm³/mol. The predicted octanol–water partition coefficient (Wildman–Crippen LogP) is 3.67. The van der Waals surface area contributed by atoms with Gasteiger partial charge in [-0.05, 0) is 68.5 Å². The maximum atomic E-state index is 13.2. The molecule has 2 aromatic rings. The smallest absolute Gasteiger partial charge is 0.338 e. The second kappa shape index (κ2) is 9.54. The molecule has 4 rings (SSSR count). The van der Waals surface area contributed by atoms with Crippen molar-refractivity contribution in [1.82, 2.24) is 4.31 Å². The Balaban J connectivity index is 1.47. The lowest BCUT2D eigenvalue weighted by Crippen LogP contribution is -2.48. The van der Waals surface area contributed by atoms with Crippen molar-refractivity contribution < 1.29 is 27.5 Å². The number of sulfonamides is 1. The van der Waals surface area contributed by atoms with Crippen LogP contribution in [0.3, 0.4) is 0 Å². The highest BCUT2D eigenvalue weighted by atomic mass is 35.5. The lowest BCUT2D eigenvalue weighted by atomic mass is 10.0. The van der Waals surface area contributed by atoms with Crippen LogP contribution in [0.2, 0.25) is 5.02 Å². The molecule has 0 radical (unpaired) electrons. The van der Waals surface area contributed by atoms with Crippen LogP contribution in [-0.4, -0.2) is 56.4 Å². The number of ketones is 1. The first-order chi connectivity index (χ1) is 15.6. The Labute approximate surface area is 198 Å². The van der Waals surface area contributed by atoms with Crippen molar-refractivity contribution in [1.29, 1.82) is 0 Å². The number of Topliss-reactive ketones (excluding diaryl/α,β-unsaturated/α-hetero) is 1. The summed E-state index contributed by atoms with van der Waals surface area (Å²) in [5.74, 6) is -1.10. The highest BCUT2D eigenvalue weighted by molar-refractivity contribution is 7.89. The molecule has 176 valence electrons. The minimum Gasteiger partial charge on any atom is -0.454 e. The maximum absolute atomic E-state index is 13.2. The molecule has 0 saturated carbocycles. The van der Waals surface area contributed by atoms with Crippen LogP contribution in [0.1, 0.15) is 52.1 Å². The van der Waals surface area contributed by atoms with E-state index in [1.165, 1.54) is 28.1 Å². The first kappa shape index (κ1) is 23.9. The monoisotopic (exact) mass is 491 g/mol. The van der Waals surface area contributed by atoms with Gasteiger partial charge in [0.25, 0.3) is 0 Å². The Morgan fingerprint density at radius 3 is 2.42 bits per heavy atom. The Morgan fingerprint density at radius 1 is 1.03 bits per heavy atom. The average Bonchev–Trinajstić information content (AvgIpc) is 3.24. The Kier molecular flexibility index (Phi) is 6.91. The van der Waals surface area contributed by atoms with E-state index in [9.17, 15) is 18.0 Å². The van der Waals surface area contributed by atoms with Gasteiger partial charge in [0.05, 0.1) is 22.8 Å². The van der Waals surface area contributed by atoms with Crippen LogP contribution in [0.15, 0.2) is 41.3 Å². The third-order valence-corrected chi connectivity index (χ3v) is 8.24. The molecular formula is C24H26ClNO6S. The topological polar surface area (TPSA) is 90.0 Å². The lowest BCUT2D eigenvalue weighted by Gasteiger charge is -2.34. The largest absolute Gasteiger partial charge is 0.454 e. The van der Waals surface area contributed by atoms with E-state index in [2.05, 4.69) is 0 Å². The molecule has 33 heavy (non-hydrogen) atoms. The normalized spacial score (nSPS) is 20.9. The number of benzene rings is 2. The first-order valence-electron chi connectivity index (χ1n) is 10.9. The number of hydrogen-bond acceptors (Lipinski definition) is 6. The fraction of sp³-hybridized carbons (Fsp3) is 0.417. The summed E-state index contributed by atoms with van der Waals surface area (Å²) in [4.78, 5) is 24.9. The second-order valence-electron chi connectivity index (χ2n) is 8.56. The number of aryl methyl sites for hydroxylation is 2. The third-order valence-electron chi connectivity index (χ3n) is 5.93. The quantitative estimate of drug-likeness (QED) is 0.452. The van der Waals surface area contributed by atoms with Crippen molar-refractivity contribution in [3.63, 3.8) is 0 Å². The number of fused-ring (bicyclic) bond motifs is 1. The van der Waals surface area contributed by atoms with Crippen LogP contribution in [0.25, 0.3) is 0 Å². The molecule has 1 saturated heterocycles. The van der Waals surface area contributed by atoms with Crippen LogP contribution < -0.4 is 0 Å². The highest BCUT2D eigenvalue weighted by Crippen LogP contribution is 2.28. The summed E-state index contributed by atoms with van der Waals surface area (Å²) in [7, 11) is -3.95. The van der Waals surface area contributed by atoms with Crippen LogP contribution >= 0.6 is 11.6 Å². The van der Waals surface area contributed by atoms with Gasteiger partial charge in [-0.3, -0.25) is 4.79 Å². The number of nitrogens with zero attached hydrogens (tertiary/aromatic N) is 1. The van der Waals surface area contributed by atoms with Gasteiger partial charge in [-0.25, -0.2) is 13.2 Å². The van der Waals surface area contributed by atoms with Crippen molar-refractivity contribution in [2.45, 2.75) is 50.2 Å². The van der Waals surface area contributed by atoms with E-state index >= 15 is 0 Å². The second-order valence-corrected chi connectivity index (χ2v) is 10.9. The van der Waals surface area contributed by atoms with E-state index in [1.54, 1.807) is 19.9 Å². The minimum absolute atomic E-state index is 0.00700. The van der Waals surface area contributed by atoms with Crippen LogP contribution in [0.4, 0.5) is 0 Å². The summed E-state index contributed by atoms with van der Waals surface area (Å²) < 4.78 is 38.5. The molecule has 2 atom stereocenters. The first-order valence-corrected chi connectivity index (χ1v) is 12.7. The molecule has 0 amide bonds. The maximum Gasteiger partial charge on any atom is 0.338 e. The molecule has 0 spiro atoms. The molecule has 9 heteroatoms. The van der Waals surface area contributed by atoms with Gasteiger partial charge in [0, 0.05) is 18.7 Å². The standard InChI is InChI=1S/C24H26ClNO6S/c1-15-12-26(13-16(2)32-15)33(29,30)23-11-20(8-9-21(23)25)24(28)31-14-22(27)19-7-6-17-4-3-5-18(17)10-19/h6-11,15-16H,3-5,12-14H2,1-2H3. The van der Waals surface area contributed by atoms with Crippen molar-refractivity contribution in [3.05, 3.63) is 63.7 Å². The summed E-state index contributed by atoms with van der Waals surface area (Å²) in [5.41, 5.74) is 2.92. The minimum atomic E-state index is -3.95. The number of rotatable bonds is 6. The number of carbonyl (C=O) groups excluding carboxylic acids is 2. The number of halogens is 1. The number of esters is 1. The molecule has 0 aromatic heterocycles. The van der Waals surface area contributed by atoms with Gasteiger partial charge in [0.2, 0.25) is 10.0 Å². The Hall–Kier alpha value is -2.26. The van der Waals surface area contributed by atoms with E-state index in [0.717, 1.165) is 24.8 Å².